The number of H-pyrrole nitrogens is 1. The van der Waals surface area contributed by atoms with Crippen molar-refractivity contribution in [2.75, 3.05) is 38.2 Å². The van der Waals surface area contributed by atoms with Gasteiger partial charge in [0.05, 0.1) is 25.5 Å². The van der Waals surface area contributed by atoms with E-state index in [4.69, 9.17) is 25.6 Å². The Bertz CT molecular complexity index is 1000. The van der Waals surface area contributed by atoms with Crippen LogP contribution in [0.3, 0.4) is 0 Å². The molecule has 3 aromatic rings. The van der Waals surface area contributed by atoms with Crippen LogP contribution in [0, 0.1) is 6.92 Å². The summed E-state index contributed by atoms with van der Waals surface area (Å²) >= 11 is 5.88. The molecular formula is C21H24ClN5O4. The van der Waals surface area contributed by atoms with Crippen molar-refractivity contribution in [1.29, 1.82) is 0 Å². The minimum Gasteiger partial charge on any atom is -0.493 e. The van der Waals surface area contributed by atoms with Crippen LogP contribution >= 0.6 is 11.6 Å². The molecule has 0 radical (unpaired) electrons. The second-order valence-corrected chi connectivity index (χ2v) is 7.77. The van der Waals surface area contributed by atoms with Gasteiger partial charge in [-0.2, -0.15) is 5.10 Å². The van der Waals surface area contributed by atoms with Gasteiger partial charge in [-0.05, 0) is 37.3 Å². The number of amides is 1. The van der Waals surface area contributed by atoms with E-state index in [1.807, 2.05) is 23.1 Å². The molecule has 2 aromatic heterocycles. The summed E-state index contributed by atoms with van der Waals surface area (Å²) in [5, 5.41) is 14.6. The number of ether oxygens (including phenoxy) is 2. The maximum Gasteiger partial charge on any atom is 0.239 e. The van der Waals surface area contributed by atoms with Crippen molar-refractivity contribution in [2.24, 2.45) is 0 Å². The molecule has 1 fully saturated rings. The Labute approximate surface area is 184 Å². The molecule has 10 heteroatoms. The van der Waals surface area contributed by atoms with E-state index in [1.54, 1.807) is 25.1 Å². The molecule has 0 aliphatic carbocycles. The van der Waals surface area contributed by atoms with Crippen molar-refractivity contribution in [3.05, 3.63) is 58.6 Å². The van der Waals surface area contributed by atoms with Crippen molar-refractivity contribution in [3.8, 4) is 5.75 Å². The van der Waals surface area contributed by atoms with Gasteiger partial charge < -0.3 is 19.3 Å². The number of rotatable bonds is 8. The Morgan fingerprint density at radius 2 is 2.19 bits per heavy atom. The summed E-state index contributed by atoms with van der Waals surface area (Å²) in [4.78, 5) is 14.3. The first-order valence-corrected chi connectivity index (χ1v) is 10.4. The minimum atomic E-state index is -0.196. The fourth-order valence-electron chi connectivity index (χ4n) is 3.32. The summed E-state index contributed by atoms with van der Waals surface area (Å²) < 4.78 is 16.6. The van der Waals surface area contributed by atoms with E-state index in [-0.39, 0.29) is 18.6 Å². The molecule has 1 atom stereocenters. The number of carbonyl (C=O) groups is 1. The molecule has 164 valence electrons. The number of nitrogens with one attached hydrogen (secondary N) is 2. The Morgan fingerprint density at radius 3 is 2.97 bits per heavy atom. The van der Waals surface area contributed by atoms with E-state index in [9.17, 15) is 4.79 Å². The lowest BCUT2D eigenvalue weighted by molar-refractivity contribution is -0.119. The summed E-state index contributed by atoms with van der Waals surface area (Å²) in [7, 11) is 0. The van der Waals surface area contributed by atoms with Gasteiger partial charge in [0.15, 0.2) is 5.82 Å². The van der Waals surface area contributed by atoms with Gasteiger partial charge in [0.2, 0.25) is 5.91 Å². The molecule has 3 heterocycles. The van der Waals surface area contributed by atoms with Crippen molar-refractivity contribution >= 4 is 23.3 Å². The van der Waals surface area contributed by atoms with Gasteiger partial charge in [-0.15, -0.1) is 0 Å². The van der Waals surface area contributed by atoms with Gasteiger partial charge >= 0.3 is 0 Å². The zero-order valence-corrected chi connectivity index (χ0v) is 17.9. The number of aryl methyl sites for hydroxylation is 1. The zero-order chi connectivity index (χ0) is 21.6. The Kier molecular flexibility index (Phi) is 6.86. The second-order valence-electron chi connectivity index (χ2n) is 7.34. The Balaban J connectivity index is 1.25. The monoisotopic (exact) mass is 445 g/mol. The molecule has 1 aromatic carbocycles. The standard InChI is InChI=1S/C21H24ClN5O4/c1-14-10-20(26-31-14)23-21(28)13-27-7-9-30-19(12-27)18-11-16(24-25-18)6-8-29-17-4-2-15(22)3-5-17/h2-5,10-11,19H,6-9,12-13H2,1H3,(H,24,25)(H,23,26,28)/t19-/m1/s1. The average Bonchev–Trinajstić information content (AvgIpc) is 3.39. The van der Waals surface area contributed by atoms with Crippen LogP contribution in [-0.2, 0) is 16.0 Å². The van der Waals surface area contributed by atoms with Crippen LogP contribution in [0.5, 0.6) is 5.75 Å². The van der Waals surface area contributed by atoms with E-state index in [0.29, 0.717) is 49.3 Å². The molecule has 31 heavy (non-hydrogen) atoms. The molecule has 0 unspecified atom stereocenters. The second kappa shape index (κ2) is 9.95. The fourth-order valence-corrected chi connectivity index (χ4v) is 3.44. The molecule has 2 N–H and O–H groups in total. The van der Waals surface area contributed by atoms with E-state index in [2.05, 4.69) is 20.7 Å². The number of morpholine rings is 1. The van der Waals surface area contributed by atoms with Crippen molar-refractivity contribution < 1.29 is 18.8 Å². The summed E-state index contributed by atoms with van der Waals surface area (Å²) in [6.07, 6.45) is 0.490. The summed E-state index contributed by atoms with van der Waals surface area (Å²) in [6, 6.07) is 10.9. The van der Waals surface area contributed by atoms with Crippen LogP contribution in [0.2, 0.25) is 5.02 Å². The molecule has 1 saturated heterocycles. The summed E-state index contributed by atoms with van der Waals surface area (Å²) in [6.45, 7) is 4.32. The van der Waals surface area contributed by atoms with Crippen molar-refractivity contribution in [1.82, 2.24) is 20.3 Å². The van der Waals surface area contributed by atoms with Gasteiger partial charge in [0.1, 0.15) is 17.6 Å². The smallest absolute Gasteiger partial charge is 0.239 e. The molecule has 4 rings (SSSR count). The largest absolute Gasteiger partial charge is 0.493 e. The highest BCUT2D eigenvalue weighted by Gasteiger charge is 2.25. The highest BCUT2D eigenvalue weighted by Crippen LogP contribution is 2.22. The van der Waals surface area contributed by atoms with Crippen molar-refractivity contribution in [3.63, 3.8) is 0 Å². The lowest BCUT2D eigenvalue weighted by Gasteiger charge is -2.31. The number of carbonyl (C=O) groups excluding carboxylic acids is 1. The first-order chi connectivity index (χ1) is 15.0. The lowest BCUT2D eigenvalue weighted by atomic mass is 10.2. The van der Waals surface area contributed by atoms with E-state index < -0.39 is 0 Å². The third-order valence-electron chi connectivity index (χ3n) is 4.85. The number of benzene rings is 1. The van der Waals surface area contributed by atoms with E-state index in [0.717, 1.165) is 17.1 Å². The van der Waals surface area contributed by atoms with Crippen LogP contribution < -0.4 is 10.1 Å². The highest BCUT2D eigenvalue weighted by molar-refractivity contribution is 6.30. The average molecular weight is 446 g/mol. The predicted octanol–water partition coefficient (Wildman–Crippen LogP) is 2.99. The maximum absolute atomic E-state index is 12.3. The highest BCUT2D eigenvalue weighted by atomic mass is 35.5. The number of halogens is 1. The normalized spacial score (nSPS) is 16.9. The number of anilines is 1. The van der Waals surface area contributed by atoms with Gasteiger partial charge in [-0.1, -0.05) is 16.8 Å². The third kappa shape index (κ3) is 6.06. The topological polar surface area (TPSA) is 106 Å². The van der Waals surface area contributed by atoms with Crippen LogP contribution in [0.4, 0.5) is 5.82 Å². The molecule has 9 nitrogen and oxygen atoms in total. The Hall–Kier alpha value is -2.88. The maximum atomic E-state index is 12.3. The minimum absolute atomic E-state index is 0.143. The van der Waals surface area contributed by atoms with Gasteiger partial charge in [-0.3, -0.25) is 14.8 Å². The van der Waals surface area contributed by atoms with Crippen LogP contribution in [-0.4, -0.2) is 59.0 Å². The van der Waals surface area contributed by atoms with Gasteiger partial charge in [0, 0.05) is 36.3 Å². The van der Waals surface area contributed by atoms with E-state index in [1.165, 1.54) is 0 Å². The first kappa shape index (κ1) is 21.4. The van der Waals surface area contributed by atoms with Crippen LogP contribution in [0.15, 0.2) is 40.9 Å². The number of aromatic amines is 1. The Morgan fingerprint density at radius 1 is 1.35 bits per heavy atom. The molecule has 1 aliphatic rings. The number of hydrogen-bond donors (Lipinski definition) is 2. The predicted molar refractivity (Wildman–Crippen MR) is 114 cm³/mol. The molecule has 0 saturated carbocycles. The lowest BCUT2D eigenvalue weighted by Crippen LogP contribution is -2.42. The summed E-state index contributed by atoms with van der Waals surface area (Å²) in [5.74, 6) is 1.70. The first-order valence-electron chi connectivity index (χ1n) is 10.0. The fraction of sp³-hybridized carbons (Fsp3) is 0.381. The van der Waals surface area contributed by atoms with Crippen molar-refractivity contribution in [2.45, 2.75) is 19.4 Å². The molecule has 0 bridgehead atoms. The van der Waals surface area contributed by atoms with Gasteiger partial charge in [-0.25, -0.2) is 0 Å². The van der Waals surface area contributed by atoms with Gasteiger partial charge in [0.25, 0.3) is 0 Å². The molecule has 1 aliphatic heterocycles. The zero-order valence-electron chi connectivity index (χ0n) is 17.1. The van der Waals surface area contributed by atoms with E-state index >= 15 is 0 Å². The summed E-state index contributed by atoms with van der Waals surface area (Å²) in [5.41, 5.74) is 1.78. The van der Waals surface area contributed by atoms with Crippen LogP contribution in [0.1, 0.15) is 23.3 Å². The number of aromatic nitrogens is 3. The number of hydrogen-bond acceptors (Lipinski definition) is 7. The van der Waals surface area contributed by atoms with Crippen LogP contribution in [0.25, 0.3) is 0 Å². The molecular weight excluding hydrogens is 422 g/mol. The SMILES string of the molecule is Cc1cc(NC(=O)CN2CCO[C@@H](c3cc(CCOc4ccc(Cl)cc4)[nH]n3)C2)no1. The molecule has 1 amide bonds. The number of nitrogens with zero attached hydrogens (tertiary/aromatic N) is 3. The third-order valence-corrected chi connectivity index (χ3v) is 5.10. The molecule has 0 spiro atoms. The quantitative estimate of drug-likeness (QED) is 0.549.